The zero-order valence-electron chi connectivity index (χ0n) is 13.0. The van der Waals surface area contributed by atoms with E-state index in [0.717, 1.165) is 36.6 Å². The Kier molecular flexibility index (Phi) is 6.29. The molecule has 0 fully saturated rings. The van der Waals surface area contributed by atoms with E-state index in [-0.39, 0.29) is 5.41 Å². The molecule has 0 saturated carbocycles. The molecule has 0 aliphatic heterocycles. The van der Waals surface area contributed by atoms with Crippen molar-refractivity contribution in [3.05, 3.63) is 23.5 Å². The van der Waals surface area contributed by atoms with Gasteiger partial charge in [0, 0.05) is 17.7 Å². The lowest BCUT2D eigenvalue weighted by Crippen LogP contribution is -2.34. The molecule has 108 valence electrons. The van der Waals surface area contributed by atoms with E-state index in [0.29, 0.717) is 6.61 Å². The second kappa shape index (κ2) is 7.49. The van der Waals surface area contributed by atoms with Crippen molar-refractivity contribution in [3.8, 4) is 5.75 Å². The molecule has 0 radical (unpaired) electrons. The number of hydrogen-bond donors (Lipinski definition) is 1. The van der Waals surface area contributed by atoms with Crippen molar-refractivity contribution in [2.45, 2.75) is 47.5 Å². The Labute approximate surface area is 117 Å². The van der Waals surface area contributed by atoms with Crippen LogP contribution in [0.3, 0.4) is 0 Å². The molecule has 0 aromatic carbocycles. The third-order valence-electron chi connectivity index (χ3n) is 3.06. The van der Waals surface area contributed by atoms with E-state index in [9.17, 15) is 0 Å². The fraction of sp³-hybridized carbons (Fsp3) is 0.688. The number of hydrogen-bond acceptors (Lipinski definition) is 3. The third kappa shape index (κ3) is 5.60. The monoisotopic (exact) mass is 264 g/mol. The minimum atomic E-state index is 0.130. The van der Waals surface area contributed by atoms with E-state index < -0.39 is 0 Å². The van der Waals surface area contributed by atoms with Crippen LogP contribution in [0.1, 0.15) is 45.5 Å². The van der Waals surface area contributed by atoms with Crippen LogP contribution >= 0.6 is 0 Å². The number of aryl methyl sites for hydroxylation is 2. The fourth-order valence-electron chi connectivity index (χ4n) is 1.91. The standard InChI is InChI=1S/C16H28N2O/c1-6-10-17-11-16(4,5)12-19-15-9-8-13(3)18-14(15)7-2/h8-9,17H,6-7,10-12H2,1-5H3. The first-order chi connectivity index (χ1) is 8.98. The quantitative estimate of drug-likeness (QED) is 0.731. The van der Waals surface area contributed by atoms with Crippen LogP contribution < -0.4 is 10.1 Å². The summed E-state index contributed by atoms with van der Waals surface area (Å²) in [4.78, 5) is 4.53. The topological polar surface area (TPSA) is 34.1 Å². The normalized spacial score (nSPS) is 11.6. The SMILES string of the molecule is CCCNCC(C)(C)COc1ccc(C)nc1CC. The van der Waals surface area contributed by atoms with E-state index in [2.05, 4.69) is 38.0 Å². The van der Waals surface area contributed by atoms with Crippen molar-refractivity contribution in [1.29, 1.82) is 0 Å². The highest BCUT2D eigenvalue weighted by Gasteiger charge is 2.19. The van der Waals surface area contributed by atoms with Crippen LogP contribution in [-0.2, 0) is 6.42 Å². The van der Waals surface area contributed by atoms with Crippen LogP contribution in [0, 0.1) is 12.3 Å². The number of nitrogens with zero attached hydrogens (tertiary/aromatic N) is 1. The van der Waals surface area contributed by atoms with E-state index in [1.807, 2.05) is 19.1 Å². The van der Waals surface area contributed by atoms with E-state index in [1.54, 1.807) is 0 Å². The Balaban J connectivity index is 2.55. The molecule has 0 aliphatic rings. The van der Waals surface area contributed by atoms with Gasteiger partial charge in [-0.3, -0.25) is 4.98 Å². The van der Waals surface area contributed by atoms with E-state index >= 15 is 0 Å². The maximum absolute atomic E-state index is 5.98. The second-order valence-corrected chi connectivity index (χ2v) is 5.88. The first-order valence-corrected chi connectivity index (χ1v) is 7.28. The number of ether oxygens (including phenoxy) is 1. The first-order valence-electron chi connectivity index (χ1n) is 7.28. The zero-order valence-corrected chi connectivity index (χ0v) is 13.0. The third-order valence-corrected chi connectivity index (χ3v) is 3.06. The average Bonchev–Trinajstić information content (AvgIpc) is 2.37. The summed E-state index contributed by atoms with van der Waals surface area (Å²) >= 11 is 0. The van der Waals surface area contributed by atoms with Gasteiger partial charge in [-0.15, -0.1) is 0 Å². The highest BCUT2D eigenvalue weighted by atomic mass is 16.5. The van der Waals surface area contributed by atoms with Crippen molar-refractivity contribution in [3.63, 3.8) is 0 Å². The van der Waals surface area contributed by atoms with Gasteiger partial charge < -0.3 is 10.1 Å². The smallest absolute Gasteiger partial charge is 0.140 e. The molecule has 0 bridgehead atoms. The molecule has 0 spiro atoms. The molecule has 1 heterocycles. The summed E-state index contributed by atoms with van der Waals surface area (Å²) < 4.78 is 5.98. The fourth-order valence-corrected chi connectivity index (χ4v) is 1.91. The Morgan fingerprint density at radius 2 is 2.00 bits per heavy atom. The summed E-state index contributed by atoms with van der Waals surface area (Å²) in [6, 6.07) is 4.05. The lowest BCUT2D eigenvalue weighted by molar-refractivity contribution is 0.175. The summed E-state index contributed by atoms with van der Waals surface area (Å²) in [5, 5.41) is 3.45. The van der Waals surface area contributed by atoms with E-state index in [1.165, 1.54) is 6.42 Å². The first kappa shape index (κ1) is 16.0. The molecular formula is C16H28N2O. The number of nitrogens with one attached hydrogen (secondary N) is 1. The molecule has 1 aromatic heterocycles. The van der Waals surface area contributed by atoms with Crippen molar-refractivity contribution in [2.24, 2.45) is 5.41 Å². The number of pyridine rings is 1. The molecule has 1 rings (SSSR count). The Morgan fingerprint density at radius 3 is 2.63 bits per heavy atom. The lowest BCUT2D eigenvalue weighted by atomic mass is 9.95. The van der Waals surface area contributed by atoms with Crippen molar-refractivity contribution in [1.82, 2.24) is 10.3 Å². The molecule has 0 saturated heterocycles. The molecule has 0 aliphatic carbocycles. The second-order valence-electron chi connectivity index (χ2n) is 5.88. The maximum atomic E-state index is 5.98. The molecule has 1 N–H and O–H groups in total. The Hall–Kier alpha value is -1.09. The van der Waals surface area contributed by atoms with Gasteiger partial charge in [-0.1, -0.05) is 27.7 Å². The minimum Gasteiger partial charge on any atom is -0.491 e. The molecule has 1 aromatic rings. The van der Waals surface area contributed by atoms with Gasteiger partial charge in [0.05, 0.1) is 12.3 Å². The molecule has 0 amide bonds. The molecule has 0 unspecified atom stereocenters. The summed E-state index contributed by atoms with van der Waals surface area (Å²) in [5.41, 5.74) is 2.23. The molecule has 3 heteroatoms. The Bertz CT molecular complexity index is 388. The zero-order chi connectivity index (χ0) is 14.3. The van der Waals surface area contributed by atoms with Gasteiger partial charge in [0.15, 0.2) is 0 Å². The summed E-state index contributed by atoms with van der Waals surface area (Å²) in [6.07, 6.45) is 2.07. The van der Waals surface area contributed by atoms with Crippen LogP contribution in [0.2, 0.25) is 0 Å². The largest absolute Gasteiger partial charge is 0.491 e. The number of rotatable bonds is 8. The van der Waals surface area contributed by atoms with Gasteiger partial charge in [0.1, 0.15) is 5.75 Å². The van der Waals surface area contributed by atoms with E-state index in [4.69, 9.17) is 4.74 Å². The Morgan fingerprint density at radius 1 is 1.26 bits per heavy atom. The van der Waals surface area contributed by atoms with Gasteiger partial charge >= 0.3 is 0 Å². The van der Waals surface area contributed by atoms with Crippen molar-refractivity contribution < 1.29 is 4.74 Å². The van der Waals surface area contributed by atoms with Crippen LogP contribution in [0.15, 0.2) is 12.1 Å². The highest BCUT2D eigenvalue weighted by Crippen LogP contribution is 2.21. The van der Waals surface area contributed by atoms with Gasteiger partial charge in [-0.25, -0.2) is 0 Å². The average molecular weight is 264 g/mol. The summed E-state index contributed by atoms with van der Waals surface area (Å²) in [7, 11) is 0. The van der Waals surface area contributed by atoms with Crippen LogP contribution in [0.25, 0.3) is 0 Å². The highest BCUT2D eigenvalue weighted by molar-refractivity contribution is 5.29. The predicted molar refractivity (Wildman–Crippen MR) is 80.8 cm³/mol. The predicted octanol–water partition coefficient (Wildman–Crippen LogP) is 3.36. The van der Waals surface area contributed by atoms with Crippen LogP contribution in [-0.4, -0.2) is 24.7 Å². The minimum absolute atomic E-state index is 0.130. The number of aromatic nitrogens is 1. The van der Waals surface area contributed by atoms with Crippen LogP contribution in [0.4, 0.5) is 0 Å². The molecule has 3 nitrogen and oxygen atoms in total. The van der Waals surface area contributed by atoms with Gasteiger partial charge in [0.25, 0.3) is 0 Å². The maximum Gasteiger partial charge on any atom is 0.140 e. The lowest BCUT2D eigenvalue weighted by Gasteiger charge is -2.25. The van der Waals surface area contributed by atoms with Gasteiger partial charge in [0.2, 0.25) is 0 Å². The summed E-state index contributed by atoms with van der Waals surface area (Å²) in [5.74, 6) is 0.927. The van der Waals surface area contributed by atoms with Gasteiger partial charge in [-0.05, 0) is 38.4 Å². The molecular weight excluding hydrogens is 236 g/mol. The summed E-state index contributed by atoms with van der Waals surface area (Å²) in [6.45, 7) is 13.5. The molecule has 19 heavy (non-hydrogen) atoms. The molecule has 0 atom stereocenters. The van der Waals surface area contributed by atoms with Crippen LogP contribution in [0.5, 0.6) is 5.75 Å². The van der Waals surface area contributed by atoms with Crippen molar-refractivity contribution >= 4 is 0 Å². The van der Waals surface area contributed by atoms with Crippen molar-refractivity contribution in [2.75, 3.05) is 19.7 Å². The van der Waals surface area contributed by atoms with Gasteiger partial charge in [-0.2, -0.15) is 0 Å².